The van der Waals surface area contributed by atoms with Crippen molar-refractivity contribution in [3.05, 3.63) is 56.7 Å². The van der Waals surface area contributed by atoms with E-state index in [2.05, 4.69) is 26.3 Å². The minimum atomic E-state index is -0.457. The van der Waals surface area contributed by atoms with Crippen LogP contribution in [0.1, 0.15) is 5.56 Å². The van der Waals surface area contributed by atoms with Crippen molar-refractivity contribution in [1.29, 1.82) is 0 Å². The number of halogens is 1. The monoisotopic (exact) mass is 354 g/mol. The number of nitrogen functional groups attached to an aromatic ring is 1. The summed E-state index contributed by atoms with van der Waals surface area (Å²) in [5.74, 6) is 5.84. The Morgan fingerprint density at radius 1 is 1.40 bits per heavy atom. The molecule has 20 heavy (non-hydrogen) atoms. The van der Waals surface area contributed by atoms with Crippen molar-refractivity contribution in [2.24, 2.45) is 5.84 Å². The van der Waals surface area contributed by atoms with Crippen LogP contribution in [0.25, 0.3) is 0 Å². The van der Waals surface area contributed by atoms with Gasteiger partial charge in [0.1, 0.15) is 5.69 Å². The first-order chi connectivity index (χ1) is 9.60. The third kappa shape index (κ3) is 3.69. The SMILES string of the molecule is NNc1ccc(CSc2ccc(Br)cn2)cc1[N+](=O)[O-]. The van der Waals surface area contributed by atoms with E-state index in [9.17, 15) is 10.1 Å². The van der Waals surface area contributed by atoms with Gasteiger partial charge in [-0.1, -0.05) is 6.07 Å². The van der Waals surface area contributed by atoms with Crippen LogP contribution in [0, 0.1) is 10.1 Å². The molecule has 0 bridgehead atoms. The minimum absolute atomic E-state index is 0.0330. The van der Waals surface area contributed by atoms with E-state index in [0.717, 1.165) is 15.1 Å². The number of nitro benzene ring substituents is 1. The maximum absolute atomic E-state index is 10.9. The molecule has 0 atom stereocenters. The van der Waals surface area contributed by atoms with Crippen LogP contribution in [0.3, 0.4) is 0 Å². The molecular formula is C12H11BrN4O2S. The Balaban J connectivity index is 2.11. The van der Waals surface area contributed by atoms with Gasteiger partial charge in [0.2, 0.25) is 0 Å². The number of nitro groups is 1. The summed E-state index contributed by atoms with van der Waals surface area (Å²) in [6.45, 7) is 0. The minimum Gasteiger partial charge on any atom is -0.318 e. The van der Waals surface area contributed by atoms with Crippen molar-refractivity contribution in [3.63, 3.8) is 0 Å². The Bertz CT molecular complexity index is 621. The summed E-state index contributed by atoms with van der Waals surface area (Å²) < 4.78 is 0.913. The predicted octanol–water partition coefficient (Wildman–Crippen LogP) is 3.33. The molecule has 6 nitrogen and oxygen atoms in total. The maximum atomic E-state index is 10.9. The largest absolute Gasteiger partial charge is 0.318 e. The van der Waals surface area contributed by atoms with Crippen LogP contribution in [0.15, 0.2) is 46.0 Å². The quantitative estimate of drug-likeness (QED) is 0.370. The number of hydrazine groups is 1. The number of nitrogens with zero attached hydrogens (tertiary/aromatic N) is 2. The Kier molecular flexibility index (Phi) is 4.94. The number of pyridine rings is 1. The highest BCUT2D eigenvalue weighted by Crippen LogP contribution is 2.28. The molecule has 0 saturated heterocycles. The van der Waals surface area contributed by atoms with Crippen LogP contribution in [0.5, 0.6) is 0 Å². The zero-order chi connectivity index (χ0) is 14.5. The molecule has 0 unspecified atom stereocenters. The first-order valence-electron chi connectivity index (χ1n) is 5.58. The van der Waals surface area contributed by atoms with Crippen LogP contribution in [-0.2, 0) is 5.75 Å². The maximum Gasteiger partial charge on any atom is 0.293 e. The molecule has 0 spiro atoms. The Morgan fingerprint density at radius 2 is 2.20 bits per heavy atom. The third-order valence-corrected chi connectivity index (χ3v) is 3.99. The predicted molar refractivity (Wildman–Crippen MR) is 82.4 cm³/mol. The lowest BCUT2D eigenvalue weighted by Gasteiger charge is -2.05. The second-order valence-electron chi connectivity index (χ2n) is 3.86. The Labute approximate surface area is 128 Å². The second-order valence-corrected chi connectivity index (χ2v) is 5.77. The molecule has 1 aromatic carbocycles. The number of thioether (sulfide) groups is 1. The van der Waals surface area contributed by atoms with E-state index >= 15 is 0 Å². The third-order valence-electron chi connectivity index (χ3n) is 2.50. The van der Waals surface area contributed by atoms with E-state index in [1.54, 1.807) is 18.3 Å². The molecule has 0 aliphatic heterocycles. The van der Waals surface area contributed by atoms with Gasteiger partial charge < -0.3 is 5.43 Å². The van der Waals surface area contributed by atoms with E-state index in [1.807, 2.05) is 12.1 Å². The van der Waals surface area contributed by atoms with Gasteiger partial charge in [0.25, 0.3) is 5.69 Å². The van der Waals surface area contributed by atoms with Crippen LogP contribution >= 0.6 is 27.7 Å². The van der Waals surface area contributed by atoms with Crippen molar-refractivity contribution in [1.82, 2.24) is 4.98 Å². The summed E-state index contributed by atoms with van der Waals surface area (Å²) in [5, 5.41) is 11.8. The van der Waals surface area contributed by atoms with E-state index in [1.165, 1.54) is 17.8 Å². The Hall–Kier alpha value is -1.64. The van der Waals surface area contributed by atoms with Gasteiger partial charge in [0.15, 0.2) is 0 Å². The van der Waals surface area contributed by atoms with Crippen LogP contribution in [-0.4, -0.2) is 9.91 Å². The second kappa shape index (κ2) is 6.69. The molecule has 0 saturated carbocycles. The number of rotatable bonds is 5. The molecule has 0 aliphatic carbocycles. The topological polar surface area (TPSA) is 94.1 Å². The van der Waals surface area contributed by atoms with Gasteiger partial charge >= 0.3 is 0 Å². The van der Waals surface area contributed by atoms with Gasteiger partial charge in [0.05, 0.1) is 9.95 Å². The van der Waals surface area contributed by atoms with Crippen molar-refractivity contribution < 1.29 is 4.92 Å². The lowest BCUT2D eigenvalue weighted by atomic mass is 10.2. The number of benzene rings is 1. The number of hydrogen-bond acceptors (Lipinski definition) is 6. The molecule has 0 amide bonds. The van der Waals surface area contributed by atoms with Crippen molar-refractivity contribution in [3.8, 4) is 0 Å². The summed E-state index contributed by atoms with van der Waals surface area (Å²) >= 11 is 4.83. The lowest BCUT2D eigenvalue weighted by Crippen LogP contribution is -2.09. The average molecular weight is 355 g/mol. The standard InChI is InChI=1S/C12H11BrN4O2S/c13-9-2-4-12(15-6-9)20-7-8-1-3-10(16-14)11(5-8)17(18)19/h1-6,16H,7,14H2. The summed E-state index contributed by atoms with van der Waals surface area (Å²) in [4.78, 5) is 14.7. The zero-order valence-electron chi connectivity index (χ0n) is 10.2. The number of nitrogens with two attached hydrogens (primary N) is 1. The number of aromatic nitrogens is 1. The molecule has 0 fully saturated rings. The van der Waals surface area contributed by atoms with E-state index < -0.39 is 4.92 Å². The van der Waals surface area contributed by atoms with Crippen molar-refractivity contribution in [2.45, 2.75) is 10.8 Å². The van der Waals surface area contributed by atoms with Gasteiger partial charge in [-0.25, -0.2) is 4.98 Å². The van der Waals surface area contributed by atoms with Crippen molar-refractivity contribution >= 4 is 39.1 Å². The van der Waals surface area contributed by atoms with Gasteiger partial charge in [-0.15, -0.1) is 11.8 Å². The molecule has 1 aromatic heterocycles. The van der Waals surface area contributed by atoms with E-state index in [-0.39, 0.29) is 5.69 Å². The first-order valence-corrected chi connectivity index (χ1v) is 7.36. The fourth-order valence-electron chi connectivity index (χ4n) is 1.55. The molecule has 2 aromatic rings. The molecule has 1 heterocycles. The van der Waals surface area contributed by atoms with Gasteiger partial charge in [-0.05, 0) is 39.7 Å². The fourth-order valence-corrected chi connectivity index (χ4v) is 2.57. The van der Waals surface area contributed by atoms with Crippen LogP contribution in [0.2, 0.25) is 0 Å². The highest BCUT2D eigenvalue weighted by Gasteiger charge is 2.13. The molecular weight excluding hydrogens is 344 g/mol. The van der Waals surface area contributed by atoms with Crippen LogP contribution in [0.4, 0.5) is 11.4 Å². The molecule has 8 heteroatoms. The molecule has 0 radical (unpaired) electrons. The average Bonchev–Trinajstić information content (AvgIpc) is 2.46. The molecule has 2 rings (SSSR count). The number of hydrogen-bond donors (Lipinski definition) is 2. The van der Waals surface area contributed by atoms with E-state index in [4.69, 9.17) is 5.84 Å². The van der Waals surface area contributed by atoms with E-state index in [0.29, 0.717) is 11.4 Å². The smallest absolute Gasteiger partial charge is 0.293 e. The van der Waals surface area contributed by atoms with Gasteiger partial charge in [-0.2, -0.15) is 0 Å². The van der Waals surface area contributed by atoms with Gasteiger partial charge in [0, 0.05) is 22.5 Å². The Morgan fingerprint density at radius 3 is 2.80 bits per heavy atom. The molecule has 3 N–H and O–H groups in total. The lowest BCUT2D eigenvalue weighted by molar-refractivity contribution is -0.384. The summed E-state index contributed by atoms with van der Waals surface area (Å²) in [7, 11) is 0. The summed E-state index contributed by atoms with van der Waals surface area (Å²) in [6.07, 6.45) is 1.71. The highest BCUT2D eigenvalue weighted by atomic mass is 79.9. The molecule has 104 valence electrons. The summed E-state index contributed by atoms with van der Waals surface area (Å²) in [6, 6.07) is 8.70. The number of nitrogens with one attached hydrogen (secondary N) is 1. The zero-order valence-corrected chi connectivity index (χ0v) is 12.6. The highest BCUT2D eigenvalue weighted by molar-refractivity contribution is 9.10. The molecule has 0 aliphatic rings. The number of anilines is 1. The van der Waals surface area contributed by atoms with Crippen LogP contribution < -0.4 is 11.3 Å². The van der Waals surface area contributed by atoms with Gasteiger partial charge in [-0.3, -0.25) is 16.0 Å². The normalized spacial score (nSPS) is 10.3. The fraction of sp³-hybridized carbons (Fsp3) is 0.0833. The summed E-state index contributed by atoms with van der Waals surface area (Å²) in [5.41, 5.74) is 3.42. The van der Waals surface area contributed by atoms with Crippen molar-refractivity contribution in [2.75, 3.05) is 5.43 Å². The first kappa shape index (κ1) is 14.8.